The highest BCUT2D eigenvalue weighted by atomic mass is 35.5. The number of carbonyl (C=O) groups excluding carboxylic acids is 1. The summed E-state index contributed by atoms with van der Waals surface area (Å²) in [5.74, 6) is -0.335. The first kappa shape index (κ1) is 19.2. The second-order valence-corrected chi connectivity index (χ2v) is 7.21. The summed E-state index contributed by atoms with van der Waals surface area (Å²) in [4.78, 5) is 20.1. The zero-order chi connectivity index (χ0) is 20.2. The standard InChI is InChI=1S/C22H18ClFN2O3/c23-17-6-1-4-15(10-17)13-26(22(27)21-8-3-9-28-21)14-19-12-20(25-29-19)16-5-2-7-18(24)11-16/h1-11,19H,12-14H2/t19-/m1/s1. The van der Waals surface area contributed by atoms with Crippen LogP contribution in [0.15, 0.2) is 76.5 Å². The van der Waals surface area contributed by atoms with Gasteiger partial charge in [-0.15, -0.1) is 0 Å². The Hall–Kier alpha value is -3.12. The predicted octanol–water partition coefficient (Wildman–Crippen LogP) is 4.91. The van der Waals surface area contributed by atoms with Crippen LogP contribution in [0, 0.1) is 5.82 Å². The van der Waals surface area contributed by atoms with E-state index in [-0.39, 0.29) is 23.6 Å². The molecule has 1 aliphatic heterocycles. The third-order valence-corrected chi connectivity index (χ3v) is 4.83. The second-order valence-electron chi connectivity index (χ2n) is 6.77. The number of amides is 1. The molecule has 7 heteroatoms. The van der Waals surface area contributed by atoms with Crippen molar-refractivity contribution in [3.63, 3.8) is 0 Å². The van der Waals surface area contributed by atoms with E-state index in [1.807, 2.05) is 18.2 Å². The molecule has 1 aromatic heterocycles. The van der Waals surface area contributed by atoms with Crippen LogP contribution in [0.4, 0.5) is 4.39 Å². The van der Waals surface area contributed by atoms with Gasteiger partial charge in [-0.3, -0.25) is 4.79 Å². The fraction of sp³-hybridized carbons (Fsp3) is 0.182. The summed E-state index contributed by atoms with van der Waals surface area (Å²) in [6, 6.07) is 16.8. The lowest BCUT2D eigenvalue weighted by Crippen LogP contribution is -2.37. The molecule has 148 valence electrons. The van der Waals surface area contributed by atoms with E-state index in [9.17, 15) is 9.18 Å². The van der Waals surface area contributed by atoms with Crippen LogP contribution in [0.25, 0.3) is 0 Å². The van der Waals surface area contributed by atoms with Crippen molar-refractivity contribution in [3.05, 3.63) is 94.7 Å². The van der Waals surface area contributed by atoms with Gasteiger partial charge in [-0.05, 0) is 42.0 Å². The maximum absolute atomic E-state index is 13.5. The van der Waals surface area contributed by atoms with Crippen LogP contribution in [0.3, 0.4) is 0 Å². The van der Waals surface area contributed by atoms with Gasteiger partial charge in [-0.1, -0.05) is 41.0 Å². The van der Waals surface area contributed by atoms with E-state index in [1.54, 1.807) is 35.2 Å². The molecule has 0 aliphatic carbocycles. The van der Waals surface area contributed by atoms with Crippen molar-refractivity contribution in [1.82, 2.24) is 4.90 Å². The molecule has 1 aliphatic rings. The second kappa shape index (κ2) is 8.49. The number of rotatable bonds is 6. The predicted molar refractivity (Wildman–Crippen MR) is 107 cm³/mol. The van der Waals surface area contributed by atoms with Crippen LogP contribution in [0.2, 0.25) is 5.02 Å². The first-order valence-electron chi connectivity index (χ1n) is 9.14. The number of carbonyl (C=O) groups is 1. The summed E-state index contributed by atoms with van der Waals surface area (Å²) >= 11 is 6.08. The molecule has 2 aromatic carbocycles. The zero-order valence-electron chi connectivity index (χ0n) is 15.4. The smallest absolute Gasteiger partial charge is 0.289 e. The van der Waals surface area contributed by atoms with E-state index in [4.69, 9.17) is 20.9 Å². The first-order chi connectivity index (χ1) is 14.1. The first-order valence-corrected chi connectivity index (χ1v) is 9.52. The highest BCUT2D eigenvalue weighted by molar-refractivity contribution is 6.30. The molecular formula is C22H18ClFN2O3. The summed E-state index contributed by atoms with van der Waals surface area (Å²) in [6.45, 7) is 0.642. The van der Waals surface area contributed by atoms with Crippen molar-refractivity contribution in [2.24, 2.45) is 5.16 Å². The van der Waals surface area contributed by atoms with E-state index < -0.39 is 0 Å². The molecule has 3 aromatic rings. The number of halogens is 2. The summed E-state index contributed by atoms with van der Waals surface area (Å²) in [6.07, 6.45) is 1.59. The van der Waals surface area contributed by atoms with Crippen molar-refractivity contribution < 1.29 is 18.4 Å². The quantitative estimate of drug-likeness (QED) is 0.578. The van der Waals surface area contributed by atoms with Crippen LogP contribution in [-0.2, 0) is 11.4 Å². The van der Waals surface area contributed by atoms with Gasteiger partial charge >= 0.3 is 0 Å². The molecule has 0 spiro atoms. The SMILES string of the molecule is O=C(c1ccco1)N(Cc1cccc(Cl)c1)C[C@H]1CC(c2cccc(F)c2)=NO1. The maximum Gasteiger partial charge on any atom is 0.289 e. The third-order valence-electron chi connectivity index (χ3n) is 4.60. The Bertz CT molecular complexity index is 1040. The van der Waals surface area contributed by atoms with E-state index in [2.05, 4.69) is 5.16 Å². The lowest BCUT2D eigenvalue weighted by atomic mass is 10.0. The molecule has 5 nitrogen and oxygen atoms in total. The maximum atomic E-state index is 13.5. The van der Waals surface area contributed by atoms with Gasteiger partial charge in [0.15, 0.2) is 11.9 Å². The average molecular weight is 413 g/mol. The van der Waals surface area contributed by atoms with Crippen LogP contribution in [-0.4, -0.2) is 29.2 Å². The van der Waals surface area contributed by atoms with Gasteiger partial charge in [-0.2, -0.15) is 0 Å². The van der Waals surface area contributed by atoms with Crippen LogP contribution >= 0.6 is 11.6 Å². The number of benzene rings is 2. The molecule has 0 bridgehead atoms. The highest BCUT2D eigenvalue weighted by Gasteiger charge is 2.28. The minimum Gasteiger partial charge on any atom is -0.459 e. The molecule has 0 saturated heterocycles. The molecule has 0 unspecified atom stereocenters. The highest BCUT2D eigenvalue weighted by Crippen LogP contribution is 2.21. The number of hydrogen-bond donors (Lipinski definition) is 0. The normalized spacial score (nSPS) is 15.7. The Morgan fingerprint density at radius 2 is 2.03 bits per heavy atom. The topological polar surface area (TPSA) is 55.0 Å². The van der Waals surface area contributed by atoms with E-state index in [0.717, 1.165) is 5.56 Å². The number of hydrogen-bond acceptors (Lipinski definition) is 4. The Morgan fingerprint density at radius 3 is 2.79 bits per heavy atom. The minimum atomic E-state index is -0.341. The summed E-state index contributed by atoms with van der Waals surface area (Å²) < 4.78 is 18.8. The third kappa shape index (κ3) is 4.66. The number of nitrogens with zero attached hydrogens (tertiary/aromatic N) is 2. The van der Waals surface area contributed by atoms with E-state index in [0.29, 0.717) is 35.8 Å². The number of oxime groups is 1. The van der Waals surface area contributed by atoms with E-state index >= 15 is 0 Å². The molecule has 1 amide bonds. The lowest BCUT2D eigenvalue weighted by molar-refractivity contribution is 0.0387. The minimum absolute atomic E-state index is 0.247. The molecule has 1 atom stereocenters. The monoisotopic (exact) mass is 412 g/mol. The summed E-state index contributed by atoms with van der Waals surface area (Å²) in [5.41, 5.74) is 2.22. The molecule has 0 saturated carbocycles. The van der Waals surface area contributed by atoms with Gasteiger partial charge in [0.25, 0.3) is 5.91 Å². The van der Waals surface area contributed by atoms with E-state index in [1.165, 1.54) is 18.4 Å². The fourth-order valence-corrected chi connectivity index (χ4v) is 3.45. The summed E-state index contributed by atoms with van der Waals surface area (Å²) in [5, 5.41) is 4.69. The Kier molecular flexibility index (Phi) is 5.62. The average Bonchev–Trinajstić information content (AvgIpc) is 3.39. The van der Waals surface area contributed by atoms with Crippen molar-refractivity contribution in [2.45, 2.75) is 19.1 Å². The van der Waals surface area contributed by atoms with Crippen molar-refractivity contribution in [3.8, 4) is 0 Å². The van der Waals surface area contributed by atoms with Crippen molar-refractivity contribution in [1.29, 1.82) is 0 Å². The molecule has 4 rings (SSSR count). The molecule has 0 radical (unpaired) electrons. The largest absolute Gasteiger partial charge is 0.459 e. The van der Waals surface area contributed by atoms with Crippen LogP contribution in [0.5, 0.6) is 0 Å². The van der Waals surface area contributed by atoms with Crippen LogP contribution < -0.4 is 0 Å². The Morgan fingerprint density at radius 1 is 1.17 bits per heavy atom. The lowest BCUT2D eigenvalue weighted by Gasteiger charge is -2.24. The summed E-state index contributed by atoms with van der Waals surface area (Å²) in [7, 11) is 0. The van der Waals surface area contributed by atoms with Crippen LogP contribution in [0.1, 0.15) is 28.1 Å². The molecular weight excluding hydrogens is 395 g/mol. The zero-order valence-corrected chi connectivity index (χ0v) is 16.2. The molecule has 2 heterocycles. The van der Waals surface area contributed by atoms with Gasteiger partial charge < -0.3 is 14.2 Å². The molecule has 0 N–H and O–H groups in total. The van der Waals surface area contributed by atoms with Crippen molar-refractivity contribution >= 4 is 23.2 Å². The van der Waals surface area contributed by atoms with Gasteiger partial charge in [0.1, 0.15) is 5.82 Å². The van der Waals surface area contributed by atoms with Crippen molar-refractivity contribution in [2.75, 3.05) is 6.54 Å². The number of furan rings is 1. The Labute approximate surface area is 172 Å². The van der Waals surface area contributed by atoms with Gasteiger partial charge in [0, 0.05) is 23.6 Å². The molecule has 0 fully saturated rings. The Balaban J connectivity index is 1.49. The fourth-order valence-electron chi connectivity index (χ4n) is 3.24. The van der Waals surface area contributed by atoms with Gasteiger partial charge in [0.05, 0.1) is 18.5 Å². The van der Waals surface area contributed by atoms with Gasteiger partial charge in [-0.25, -0.2) is 4.39 Å². The molecule has 29 heavy (non-hydrogen) atoms. The van der Waals surface area contributed by atoms with Gasteiger partial charge in [0.2, 0.25) is 0 Å².